The van der Waals surface area contributed by atoms with Gasteiger partial charge in [-0.3, -0.25) is 0 Å². The van der Waals surface area contributed by atoms with E-state index >= 15 is 0 Å². The summed E-state index contributed by atoms with van der Waals surface area (Å²) >= 11 is 0. The summed E-state index contributed by atoms with van der Waals surface area (Å²) < 4.78 is 12.6. The van der Waals surface area contributed by atoms with E-state index in [1.165, 1.54) is 6.07 Å². The van der Waals surface area contributed by atoms with E-state index in [0.717, 1.165) is 11.3 Å². The van der Waals surface area contributed by atoms with E-state index in [0.29, 0.717) is 0 Å². The van der Waals surface area contributed by atoms with Crippen LogP contribution < -0.4 is 5.73 Å². The molecular formula is C7H9FN2. The lowest BCUT2D eigenvalue weighted by molar-refractivity contribution is 0.624. The molecule has 0 atom stereocenters. The predicted molar refractivity (Wildman–Crippen MR) is 38.1 cm³/mol. The molecule has 0 saturated carbocycles. The van der Waals surface area contributed by atoms with Crippen LogP contribution in [-0.4, -0.2) is 4.98 Å². The highest BCUT2D eigenvalue weighted by atomic mass is 19.1. The molecule has 0 spiro atoms. The molecule has 0 aliphatic heterocycles. The maximum Gasteiger partial charge on any atom is 0.165 e. The second-order valence-corrected chi connectivity index (χ2v) is 2.26. The number of nitrogens with zero attached hydrogens (tertiary/aromatic N) is 1. The fourth-order valence-corrected chi connectivity index (χ4v) is 0.691. The number of pyridine rings is 1. The molecule has 0 aliphatic carbocycles. The third-order valence-corrected chi connectivity index (χ3v) is 1.45. The number of nitrogen functional groups attached to an aromatic ring is 1. The first-order valence-corrected chi connectivity index (χ1v) is 3.00. The summed E-state index contributed by atoms with van der Waals surface area (Å²) in [4.78, 5) is 3.78. The van der Waals surface area contributed by atoms with Gasteiger partial charge in [0.25, 0.3) is 0 Å². The number of rotatable bonds is 0. The number of aromatic nitrogens is 1. The molecule has 10 heavy (non-hydrogen) atoms. The van der Waals surface area contributed by atoms with Crippen LogP contribution >= 0.6 is 0 Å². The van der Waals surface area contributed by atoms with Gasteiger partial charge in [-0.15, -0.1) is 0 Å². The van der Waals surface area contributed by atoms with Crippen LogP contribution in [-0.2, 0) is 0 Å². The first-order chi connectivity index (χ1) is 4.61. The monoisotopic (exact) mass is 140 g/mol. The van der Waals surface area contributed by atoms with E-state index in [4.69, 9.17) is 5.73 Å². The fourth-order valence-electron chi connectivity index (χ4n) is 0.691. The van der Waals surface area contributed by atoms with Gasteiger partial charge >= 0.3 is 0 Å². The molecule has 0 saturated heterocycles. The molecule has 0 amide bonds. The quantitative estimate of drug-likeness (QED) is 0.591. The van der Waals surface area contributed by atoms with Crippen molar-refractivity contribution in [2.45, 2.75) is 13.8 Å². The Morgan fingerprint density at radius 2 is 2.10 bits per heavy atom. The number of hydrogen-bond acceptors (Lipinski definition) is 2. The summed E-state index contributed by atoms with van der Waals surface area (Å²) in [6, 6.07) is 1.39. The molecule has 0 unspecified atom stereocenters. The minimum absolute atomic E-state index is 0.0249. The highest BCUT2D eigenvalue weighted by Crippen LogP contribution is 2.10. The van der Waals surface area contributed by atoms with Crippen LogP contribution in [0.5, 0.6) is 0 Å². The van der Waals surface area contributed by atoms with E-state index in [1.807, 2.05) is 0 Å². The fraction of sp³-hybridized carbons (Fsp3) is 0.286. The second-order valence-electron chi connectivity index (χ2n) is 2.26. The van der Waals surface area contributed by atoms with Crippen molar-refractivity contribution in [2.75, 3.05) is 5.73 Å². The Hall–Kier alpha value is -1.12. The van der Waals surface area contributed by atoms with Gasteiger partial charge in [-0.05, 0) is 25.5 Å². The molecule has 1 aromatic heterocycles. The largest absolute Gasteiger partial charge is 0.381 e. The maximum absolute atomic E-state index is 12.6. The van der Waals surface area contributed by atoms with Gasteiger partial charge in [0.05, 0.1) is 0 Å². The number of nitrogens with two attached hydrogens (primary N) is 1. The summed E-state index contributed by atoms with van der Waals surface area (Å²) in [7, 11) is 0. The Kier molecular flexibility index (Phi) is 1.57. The number of halogens is 1. The van der Waals surface area contributed by atoms with Crippen LogP contribution in [0.1, 0.15) is 11.3 Å². The SMILES string of the molecule is Cc1cc(F)c(N)nc1C. The smallest absolute Gasteiger partial charge is 0.165 e. The Labute approximate surface area is 58.9 Å². The van der Waals surface area contributed by atoms with E-state index in [2.05, 4.69) is 4.98 Å². The van der Waals surface area contributed by atoms with Crippen molar-refractivity contribution < 1.29 is 4.39 Å². The van der Waals surface area contributed by atoms with Crippen molar-refractivity contribution in [3.05, 3.63) is 23.1 Å². The minimum atomic E-state index is -0.442. The van der Waals surface area contributed by atoms with Crippen molar-refractivity contribution in [2.24, 2.45) is 0 Å². The molecule has 54 valence electrons. The van der Waals surface area contributed by atoms with Crippen LogP contribution in [0, 0.1) is 19.7 Å². The van der Waals surface area contributed by atoms with E-state index in [-0.39, 0.29) is 5.82 Å². The summed E-state index contributed by atoms with van der Waals surface area (Å²) in [5.41, 5.74) is 6.81. The van der Waals surface area contributed by atoms with Crippen LogP contribution in [0.3, 0.4) is 0 Å². The molecule has 1 rings (SSSR count). The molecule has 1 aromatic rings. The third-order valence-electron chi connectivity index (χ3n) is 1.45. The van der Waals surface area contributed by atoms with Crippen LogP contribution in [0.2, 0.25) is 0 Å². The van der Waals surface area contributed by atoms with Crippen molar-refractivity contribution in [1.29, 1.82) is 0 Å². The summed E-state index contributed by atoms with van der Waals surface area (Å²) in [6.45, 7) is 3.59. The predicted octanol–water partition coefficient (Wildman–Crippen LogP) is 1.42. The molecule has 0 radical (unpaired) electrons. The first kappa shape index (κ1) is 6.99. The number of anilines is 1. The van der Waals surface area contributed by atoms with Gasteiger partial charge in [0, 0.05) is 5.69 Å². The van der Waals surface area contributed by atoms with Gasteiger partial charge in [-0.25, -0.2) is 9.37 Å². The molecule has 2 nitrogen and oxygen atoms in total. The van der Waals surface area contributed by atoms with Crippen molar-refractivity contribution >= 4 is 5.82 Å². The average Bonchev–Trinajstić information content (AvgIpc) is 1.84. The zero-order valence-corrected chi connectivity index (χ0v) is 5.98. The van der Waals surface area contributed by atoms with E-state index in [9.17, 15) is 4.39 Å². The van der Waals surface area contributed by atoms with Crippen molar-refractivity contribution in [3.8, 4) is 0 Å². The zero-order valence-electron chi connectivity index (χ0n) is 5.98. The van der Waals surface area contributed by atoms with Gasteiger partial charge < -0.3 is 5.73 Å². The van der Waals surface area contributed by atoms with E-state index < -0.39 is 5.82 Å². The molecule has 0 aliphatic rings. The van der Waals surface area contributed by atoms with Crippen molar-refractivity contribution in [3.63, 3.8) is 0 Å². The molecular weight excluding hydrogens is 131 g/mol. The lowest BCUT2D eigenvalue weighted by Crippen LogP contribution is -1.98. The Morgan fingerprint density at radius 3 is 2.60 bits per heavy atom. The maximum atomic E-state index is 12.6. The van der Waals surface area contributed by atoms with Crippen LogP contribution in [0.25, 0.3) is 0 Å². The Balaban J connectivity index is 3.28. The normalized spacial score (nSPS) is 9.90. The Morgan fingerprint density at radius 1 is 1.50 bits per heavy atom. The molecule has 0 fully saturated rings. The van der Waals surface area contributed by atoms with Gasteiger partial charge in [-0.2, -0.15) is 0 Å². The zero-order chi connectivity index (χ0) is 7.72. The summed E-state index contributed by atoms with van der Waals surface area (Å²) in [5.74, 6) is -0.466. The number of aryl methyl sites for hydroxylation is 2. The molecule has 2 N–H and O–H groups in total. The van der Waals surface area contributed by atoms with Gasteiger partial charge in [0.2, 0.25) is 0 Å². The summed E-state index contributed by atoms with van der Waals surface area (Å²) in [6.07, 6.45) is 0. The third kappa shape index (κ3) is 1.07. The topological polar surface area (TPSA) is 38.9 Å². The molecule has 1 heterocycles. The molecule has 3 heteroatoms. The highest BCUT2D eigenvalue weighted by Gasteiger charge is 2.01. The van der Waals surface area contributed by atoms with Crippen LogP contribution in [0.15, 0.2) is 6.07 Å². The highest BCUT2D eigenvalue weighted by molar-refractivity contribution is 5.34. The van der Waals surface area contributed by atoms with Gasteiger partial charge in [-0.1, -0.05) is 0 Å². The average molecular weight is 140 g/mol. The lowest BCUT2D eigenvalue weighted by atomic mass is 10.2. The molecule has 0 aromatic carbocycles. The van der Waals surface area contributed by atoms with Crippen LogP contribution in [0.4, 0.5) is 10.2 Å². The summed E-state index contributed by atoms with van der Waals surface area (Å²) in [5, 5.41) is 0. The number of hydrogen-bond donors (Lipinski definition) is 1. The standard InChI is InChI=1S/C7H9FN2/c1-4-3-6(8)7(9)10-5(4)2/h3H,1-2H3,(H2,9,10). The van der Waals surface area contributed by atoms with E-state index in [1.54, 1.807) is 13.8 Å². The van der Waals surface area contributed by atoms with Crippen molar-refractivity contribution in [1.82, 2.24) is 4.98 Å². The lowest BCUT2D eigenvalue weighted by Gasteiger charge is -2.00. The minimum Gasteiger partial charge on any atom is -0.381 e. The molecule has 0 bridgehead atoms. The Bertz CT molecular complexity index is 208. The first-order valence-electron chi connectivity index (χ1n) is 3.00. The van der Waals surface area contributed by atoms with Gasteiger partial charge in [0.1, 0.15) is 0 Å². The second kappa shape index (κ2) is 2.25. The van der Waals surface area contributed by atoms with Gasteiger partial charge in [0.15, 0.2) is 11.6 Å².